The first kappa shape index (κ1) is 18.8. The Balaban J connectivity index is 1.43. The van der Waals surface area contributed by atoms with Gasteiger partial charge in [-0.3, -0.25) is 14.5 Å². The van der Waals surface area contributed by atoms with Crippen molar-refractivity contribution >= 4 is 11.8 Å². The average Bonchev–Trinajstić information content (AvgIpc) is 3.30. The number of methoxy groups -OCH3 is 1. The number of rotatable bonds is 4. The zero-order valence-corrected chi connectivity index (χ0v) is 17.3. The Kier molecular flexibility index (Phi) is 4.33. The van der Waals surface area contributed by atoms with E-state index in [0.717, 1.165) is 37.2 Å². The number of fused-ring (bicyclic) bond motifs is 1. The van der Waals surface area contributed by atoms with E-state index in [0.29, 0.717) is 37.6 Å². The number of aromatic nitrogens is 1. The molecule has 0 N–H and O–H groups in total. The summed E-state index contributed by atoms with van der Waals surface area (Å²) in [4.78, 5) is 36.1. The van der Waals surface area contributed by atoms with Crippen molar-refractivity contribution in [1.82, 2.24) is 19.7 Å². The summed E-state index contributed by atoms with van der Waals surface area (Å²) in [6.45, 7) is 7.48. The number of hydrogen-bond donors (Lipinski definition) is 0. The lowest BCUT2D eigenvalue weighted by Crippen LogP contribution is -2.56. The molecule has 0 saturated carbocycles. The van der Waals surface area contributed by atoms with Crippen LogP contribution in [0.15, 0.2) is 6.07 Å². The molecule has 8 nitrogen and oxygen atoms in total. The molecule has 5 rings (SSSR count). The number of pyridine rings is 1. The highest BCUT2D eigenvalue weighted by Gasteiger charge is 2.60. The lowest BCUT2D eigenvalue weighted by Gasteiger charge is -2.42. The summed E-state index contributed by atoms with van der Waals surface area (Å²) in [5.74, 6) is 0.775. The van der Waals surface area contributed by atoms with Crippen molar-refractivity contribution < 1.29 is 19.1 Å². The molecule has 3 saturated heterocycles. The van der Waals surface area contributed by atoms with E-state index in [2.05, 4.69) is 9.88 Å². The molecule has 29 heavy (non-hydrogen) atoms. The summed E-state index contributed by atoms with van der Waals surface area (Å²) in [6.07, 6.45) is 2.21. The highest BCUT2D eigenvalue weighted by molar-refractivity contribution is 5.98. The van der Waals surface area contributed by atoms with Gasteiger partial charge in [-0.15, -0.1) is 0 Å². The maximum atomic E-state index is 12.8. The fourth-order valence-corrected chi connectivity index (χ4v) is 5.42. The van der Waals surface area contributed by atoms with Crippen molar-refractivity contribution in [1.29, 1.82) is 0 Å². The van der Waals surface area contributed by atoms with E-state index < -0.39 is 5.72 Å². The zero-order chi connectivity index (χ0) is 20.3. The van der Waals surface area contributed by atoms with Crippen molar-refractivity contribution in [2.45, 2.75) is 64.0 Å². The minimum atomic E-state index is -0.475. The van der Waals surface area contributed by atoms with Gasteiger partial charge in [0.1, 0.15) is 0 Å². The van der Waals surface area contributed by atoms with Crippen LogP contribution >= 0.6 is 0 Å². The largest absolute Gasteiger partial charge is 0.481 e. The standard InChI is InChI=1S/C21H28N4O4/c1-13(2)24-12-16-15(20(24)27)9-14(19(22-16)28-3)11-23-7-5-21-17(23)10-18(26)25(21)6-4-8-29-21/h9,13,17H,4-8,10-12H2,1-3H3/t17-,21+/m1/s1. The van der Waals surface area contributed by atoms with E-state index in [9.17, 15) is 9.59 Å². The van der Waals surface area contributed by atoms with E-state index in [4.69, 9.17) is 9.47 Å². The molecule has 1 spiro atoms. The lowest BCUT2D eigenvalue weighted by atomic mass is 10.0. The second kappa shape index (κ2) is 6.67. The Labute approximate surface area is 170 Å². The molecule has 4 aliphatic heterocycles. The average molecular weight is 400 g/mol. The predicted octanol–water partition coefficient (Wildman–Crippen LogP) is 1.38. The molecule has 0 unspecified atom stereocenters. The highest BCUT2D eigenvalue weighted by atomic mass is 16.5. The van der Waals surface area contributed by atoms with Gasteiger partial charge in [0.2, 0.25) is 11.8 Å². The summed E-state index contributed by atoms with van der Waals surface area (Å²) in [6, 6.07) is 2.10. The number of carbonyl (C=O) groups excluding carboxylic acids is 2. The fraction of sp³-hybridized carbons (Fsp3) is 0.667. The van der Waals surface area contributed by atoms with Gasteiger partial charge >= 0.3 is 0 Å². The molecule has 8 heteroatoms. The third kappa shape index (κ3) is 2.69. The van der Waals surface area contributed by atoms with Crippen molar-refractivity contribution in [2.75, 3.05) is 26.8 Å². The van der Waals surface area contributed by atoms with Crippen LogP contribution in [-0.2, 0) is 22.6 Å². The maximum Gasteiger partial charge on any atom is 0.256 e. The smallest absolute Gasteiger partial charge is 0.256 e. The van der Waals surface area contributed by atoms with Gasteiger partial charge in [-0.1, -0.05) is 0 Å². The molecule has 5 heterocycles. The Bertz CT molecular complexity index is 872. The van der Waals surface area contributed by atoms with Gasteiger partial charge < -0.3 is 19.3 Å². The highest BCUT2D eigenvalue weighted by Crippen LogP contribution is 2.45. The summed E-state index contributed by atoms with van der Waals surface area (Å²) < 4.78 is 11.8. The number of ether oxygens (including phenoxy) is 2. The molecule has 3 fully saturated rings. The molecule has 1 aromatic rings. The van der Waals surface area contributed by atoms with Gasteiger partial charge in [-0.05, 0) is 26.3 Å². The third-order valence-corrected chi connectivity index (χ3v) is 6.86. The lowest BCUT2D eigenvalue weighted by molar-refractivity contribution is -0.180. The topological polar surface area (TPSA) is 75.2 Å². The Morgan fingerprint density at radius 3 is 2.93 bits per heavy atom. The van der Waals surface area contributed by atoms with Crippen LogP contribution in [0.1, 0.15) is 54.7 Å². The Hall–Kier alpha value is -2.19. The predicted molar refractivity (Wildman–Crippen MR) is 104 cm³/mol. The summed E-state index contributed by atoms with van der Waals surface area (Å²) in [7, 11) is 1.62. The first-order valence-corrected chi connectivity index (χ1v) is 10.5. The minimum absolute atomic E-state index is 0.0297. The van der Waals surface area contributed by atoms with Crippen LogP contribution in [0.2, 0.25) is 0 Å². The molecule has 1 aromatic heterocycles. The molecule has 0 radical (unpaired) electrons. The van der Waals surface area contributed by atoms with Gasteiger partial charge in [-0.25, -0.2) is 4.98 Å². The summed E-state index contributed by atoms with van der Waals surface area (Å²) >= 11 is 0. The molecule has 156 valence electrons. The van der Waals surface area contributed by atoms with Crippen molar-refractivity contribution in [3.8, 4) is 5.88 Å². The van der Waals surface area contributed by atoms with Crippen LogP contribution in [-0.4, -0.2) is 76.1 Å². The van der Waals surface area contributed by atoms with Crippen LogP contribution in [0.4, 0.5) is 0 Å². The van der Waals surface area contributed by atoms with E-state index in [1.807, 2.05) is 29.7 Å². The maximum absolute atomic E-state index is 12.8. The van der Waals surface area contributed by atoms with Crippen molar-refractivity contribution in [2.24, 2.45) is 0 Å². The van der Waals surface area contributed by atoms with Crippen LogP contribution in [0.3, 0.4) is 0 Å². The second-order valence-electron chi connectivity index (χ2n) is 8.71. The van der Waals surface area contributed by atoms with Crippen LogP contribution in [0, 0.1) is 0 Å². The fourth-order valence-electron chi connectivity index (χ4n) is 5.42. The van der Waals surface area contributed by atoms with Crippen LogP contribution < -0.4 is 4.74 Å². The quantitative estimate of drug-likeness (QED) is 0.760. The number of amides is 2. The molecule has 2 amide bonds. The molecule has 0 aromatic carbocycles. The molecule has 0 bridgehead atoms. The van der Waals surface area contributed by atoms with E-state index in [1.54, 1.807) is 7.11 Å². The van der Waals surface area contributed by atoms with E-state index in [-0.39, 0.29) is 23.9 Å². The third-order valence-electron chi connectivity index (χ3n) is 6.86. The van der Waals surface area contributed by atoms with Crippen LogP contribution in [0.5, 0.6) is 5.88 Å². The summed E-state index contributed by atoms with van der Waals surface area (Å²) in [5, 5.41) is 0. The van der Waals surface area contributed by atoms with Gasteiger partial charge in [-0.2, -0.15) is 0 Å². The molecular formula is C21H28N4O4. The normalized spacial score (nSPS) is 28.9. The minimum Gasteiger partial charge on any atom is -0.481 e. The monoisotopic (exact) mass is 400 g/mol. The first-order chi connectivity index (χ1) is 13.9. The molecular weight excluding hydrogens is 372 g/mol. The van der Waals surface area contributed by atoms with E-state index in [1.165, 1.54) is 0 Å². The van der Waals surface area contributed by atoms with Crippen LogP contribution in [0.25, 0.3) is 0 Å². The number of carbonyl (C=O) groups is 2. The number of likely N-dealkylation sites (tertiary alicyclic amines) is 1. The Morgan fingerprint density at radius 2 is 2.17 bits per heavy atom. The van der Waals surface area contributed by atoms with Crippen molar-refractivity contribution in [3.05, 3.63) is 22.9 Å². The summed E-state index contributed by atoms with van der Waals surface area (Å²) in [5.41, 5.74) is 1.86. The molecule has 2 atom stereocenters. The SMILES string of the molecule is COc1nc2c(cc1CN1CC[C@@]34OCCCN3C(=O)C[C@@H]14)C(=O)N(C(C)C)C2. The molecule has 4 aliphatic rings. The van der Waals surface area contributed by atoms with Gasteiger partial charge in [0.25, 0.3) is 5.91 Å². The number of hydrogen-bond acceptors (Lipinski definition) is 6. The van der Waals surface area contributed by atoms with Crippen molar-refractivity contribution in [3.63, 3.8) is 0 Å². The van der Waals surface area contributed by atoms with Gasteiger partial charge in [0.15, 0.2) is 5.72 Å². The van der Waals surface area contributed by atoms with Gasteiger partial charge in [0.05, 0.1) is 37.6 Å². The molecule has 0 aliphatic carbocycles. The second-order valence-corrected chi connectivity index (χ2v) is 8.71. The Morgan fingerprint density at radius 1 is 1.34 bits per heavy atom. The van der Waals surface area contributed by atoms with Gasteiger partial charge in [0, 0.05) is 44.1 Å². The number of nitrogens with zero attached hydrogens (tertiary/aromatic N) is 4. The van der Waals surface area contributed by atoms with E-state index >= 15 is 0 Å². The first-order valence-electron chi connectivity index (χ1n) is 10.5. The zero-order valence-electron chi connectivity index (χ0n) is 17.3.